The predicted octanol–water partition coefficient (Wildman–Crippen LogP) is 4.99. The summed E-state index contributed by atoms with van der Waals surface area (Å²) in [6.07, 6.45) is -3.44. The van der Waals surface area contributed by atoms with Gasteiger partial charge in [0.15, 0.2) is 11.6 Å². The Bertz CT molecular complexity index is 759. The fraction of sp³-hybridized carbons (Fsp3) is 0.188. The highest BCUT2D eigenvalue weighted by atomic mass is 32.2. The molecule has 0 spiro atoms. The molecule has 0 aliphatic heterocycles. The van der Waals surface area contributed by atoms with Crippen LogP contribution < -0.4 is 4.74 Å². The van der Waals surface area contributed by atoms with Crippen LogP contribution in [0.3, 0.4) is 0 Å². The van der Waals surface area contributed by atoms with Crippen LogP contribution in [0.2, 0.25) is 0 Å². The Morgan fingerprint density at radius 2 is 1.88 bits per heavy atom. The zero-order valence-electron chi connectivity index (χ0n) is 12.4. The second kappa shape index (κ2) is 7.12. The van der Waals surface area contributed by atoms with Crippen LogP contribution in [0.25, 0.3) is 0 Å². The first-order valence-corrected chi connectivity index (χ1v) is 7.86. The number of benzene rings is 2. The summed E-state index contributed by atoms with van der Waals surface area (Å²) in [6.45, 7) is 0. The highest BCUT2D eigenvalue weighted by molar-refractivity contribution is 7.98. The van der Waals surface area contributed by atoms with E-state index in [2.05, 4.69) is 0 Å². The maximum absolute atomic E-state index is 13.8. The molecule has 0 amide bonds. The fourth-order valence-electron chi connectivity index (χ4n) is 1.98. The first kappa shape index (κ1) is 18.1. The molecule has 0 aliphatic rings. The van der Waals surface area contributed by atoms with Crippen LogP contribution in [0.1, 0.15) is 11.1 Å². The zero-order chi connectivity index (χ0) is 17.9. The van der Waals surface area contributed by atoms with Gasteiger partial charge in [0.1, 0.15) is 5.75 Å². The van der Waals surface area contributed by atoms with Crippen LogP contribution in [-0.4, -0.2) is 17.3 Å². The highest BCUT2D eigenvalue weighted by Gasteiger charge is 2.35. The SMILES string of the molecule is CSc1ccc(Oc2cc(CC(=O)O)ccc2F)c(C(F)(F)F)c1. The van der Waals surface area contributed by atoms with E-state index < -0.39 is 41.4 Å². The summed E-state index contributed by atoms with van der Waals surface area (Å²) in [5.74, 6) is -3.04. The summed E-state index contributed by atoms with van der Waals surface area (Å²) >= 11 is 1.13. The molecule has 0 atom stereocenters. The lowest BCUT2D eigenvalue weighted by atomic mass is 10.1. The molecular weight excluding hydrogens is 348 g/mol. The maximum Gasteiger partial charge on any atom is 0.420 e. The number of carboxylic acid groups (broad SMARTS) is 1. The molecule has 0 unspecified atom stereocenters. The first-order valence-electron chi connectivity index (χ1n) is 6.64. The van der Waals surface area contributed by atoms with Crippen LogP contribution in [0.4, 0.5) is 17.6 Å². The van der Waals surface area contributed by atoms with Gasteiger partial charge in [-0.05, 0) is 42.2 Å². The van der Waals surface area contributed by atoms with Crippen molar-refractivity contribution in [3.8, 4) is 11.5 Å². The number of carbonyl (C=O) groups is 1. The van der Waals surface area contributed by atoms with Crippen LogP contribution in [-0.2, 0) is 17.4 Å². The molecule has 0 saturated heterocycles. The quantitative estimate of drug-likeness (QED) is 0.603. The summed E-state index contributed by atoms with van der Waals surface area (Å²) < 4.78 is 58.4. The van der Waals surface area contributed by atoms with Crippen LogP contribution in [0.15, 0.2) is 41.3 Å². The molecule has 0 fully saturated rings. The van der Waals surface area contributed by atoms with E-state index in [4.69, 9.17) is 9.84 Å². The maximum atomic E-state index is 13.8. The van der Waals surface area contributed by atoms with E-state index in [1.807, 2.05) is 0 Å². The molecule has 0 aromatic heterocycles. The molecular formula is C16H12F4O3S. The number of carboxylic acids is 1. The van der Waals surface area contributed by atoms with Crippen LogP contribution in [0.5, 0.6) is 11.5 Å². The zero-order valence-corrected chi connectivity index (χ0v) is 13.2. The molecule has 0 heterocycles. The van der Waals surface area contributed by atoms with E-state index in [1.165, 1.54) is 12.1 Å². The summed E-state index contributed by atoms with van der Waals surface area (Å²) in [4.78, 5) is 11.1. The third kappa shape index (κ3) is 4.41. The molecule has 0 radical (unpaired) electrons. The third-order valence-corrected chi connectivity index (χ3v) is 3.79. The van der Waals surface area contributed by atoms with E-state index in [0.29, 0.717) is 4.90 Å². The minimum Gasteiger partial charge on any atom is -0.481 e. The molecule has 2 rings (SSSR count). The Morgan fingerprint density at radius 3 is 2.46 bits per heavy atom. The van der Waals surface area contributed by atoms with Crippen molar-refractivity contribution in [1.29, 1.82) is 0 Å². The van der Waals surface area contributed by atoms with Crippen molar-refractivity contribution in [3.63, 3.8) is 0 Å². The van der Waals surface area contributed by atoms with Gasteiger partial charge in [-0.15, -0.1) is 11.8 Å². The highest BCUT2D eigenvalue weighted by Crippen LogP contribution is 2.40. The van der Waals surface area contributed by atoms with Gasteiger partial charge in [0.2, 0.25) is 0 Å². The van der Waals surface area contributed by atoms with Gasteiger partial charge in [-0.25, -0.2) is 4.39 Å². The standard InChI is InChI=1S/C16H12F4O3S/c1-24-10-3-5-13(11(8-10)16(18,19)20)23-14-6-9(7-15(21)22)2-4-12(14)17/h2-6,8H,7H2,1H3,(H,21,22). The van der Waals surface area contributed by atoms with Gasteiger partial charge in [0.05, 0.1) is 12.0 Å². The second-order valence-electron chi connectivity index (χ2n) is 4.80. The van der Waals surface area contributed by atoms with Crippen molar-refractivity contribution in [2.75, 3.05) is 6.26 Å². The molecule has 128 valence electrons. The van der Waals surface area contributed by atoms with Crippen LogP contribution in [0, 0.1) is 5.82 Å². The Balaban J connectivity index is 2.42. The monoisotopic (exact) mass is 360 g/mol. The van der Waals surface area contributed by atoms with Crippen molar-refractivity contribution >= 4 is 17.7 Å². The average molecular weight is 360 g/mol. The van der Waals surface area contributed by atoms with Gasteiger partial charge in [-0.1, -0.05) is 6.07 Å². The first-order chi connectivity index (χ1) is 11.2. The number of halogens is 4. The number of rotatable bonds is 5. The second-order valence-corrected chi connectivity index (χ2v) is 5.68. The Morgan fingerprint density at radius 1 is 1.17 bits per heavy atom. The number of hydrogen-bond donors (Lipinski definition) is 1. The van der Waals surface area contributed by atoms with Gasteiger partial charge in [0.25, 0.3) is 0 Å². The molecule has 8 heteroatoms. The number of aliphatic carboxylic acids is 1. The van der Waals surface area contributed by atoms with Crippen LogP contribution >= 0.6 is 11.8 Å². The molecule has 0 aliphatic carbocycles. The smallest absolute Gasteiger partial charge is 0.420 e. The molecule has 2 aromatic carbocycles. The van der Waals surface area contributed by atoms with E-state index >= 15 is 0 Å². The lowest BCUT2D eigenvalue weighted by Crippen LogP contribution is -2.08. The molecule has 2 aromatic rings. The van der Waals surface area contributed by atoms with E-state index in [1.54, 1.807) is 6.26 Å². The number of hydrogen-bond acceptors (Lipinski definition) is 3. The van der Waals surface area contributed by atoms with E-state index in [9.17, 15) is 22.4 Å². The Kier molecular flexibility index (Phi) is 5.38. The third-order valence-electron chi connectivity index (χ3n) is 3.06. The largest absolute Gasteiger partial charge is 0.481 e. The molecule has 1 N–H and O–H groups in total. The summed E-state index contributed by atoms with van der Waals surface area (Å²) in [7, 11) is 0. The normalized spacial score (nSPS) is 11.4. The lowest BCUT2D eigenvalue weighted by Gasteiger charge is -2.15. The van der Waals surface area contributed by atoms with Crippen molar-refractivity contribution in [2.45, 2.75) is 17.5 Å². The summed E-state index contributed by atoms with van der Waals surface area (Å²) in [6, 6.07) is 6.71. The van der Waals surface area contributed by atoms with Crippen molar-refractivity contribution in [2.24, 2.45) is 0 Å². The summed E-state index contributed by atoms with van der Waals surface area (Å²) in [5, 5.41) is 8.74. The molecule has 24 heavy (non-hydrogen) atoms. The topological polar surface area (TPSA) is 46.5 Å². The minimum absolute atomic E-state index is 0.216. The molecule has 3 nitrogen and oxygen atoms in total. The number of thioether (sulfide) groups is 1. The minimum atomic E-state index is -4.67. The summed E-state index contributed by atoms with van der Waals surface area (Å²) in [5.41, 5.74) is -0.814. The van der Waals surface area contributed by atoms with Gasteiger partial charge in [0, 0.05) is 4.90 Å². The number of ether oxygens (including phenoxy) is 1. The average Bonchev–Trinajstić information content (AvgIpc) is 2.49. The number of alkyl halides is 3. The Hall–Kier alpha value is -2.22. The van der Waals surface area contributed by atoms with Gasteiger partial charge < -0.3 is 9.84 Å². The van der Waals surface area contributed by atoms with Gasteiger partial charge >= 0.3 is 12.1 Å². The lowest BCUT2D eigenvalue weighted by molar-refractivity contribution is -0.139. The van der Waals surface area contributed by atoms with Crippen molar-refractivity contribution in [1.82, 2.24) is 0 Å². The molecule has 0 saturated carbocycles. The van der Waals surface area contributed by atoms with E-state index in [0.717, 1.165) is 36.0 Å². The van der Waals surface area contributed by atoms with Gasteiger partial charge in [-0.2, -0.15) is 13.2 Å². The predicted molar refractivity (Wildman–Crippen MR) is 81.0 cm³/mol. The van der Waals surface area contributed by atoms with Crippen molar-refractivity contribution in [3.05, 3.63) is 53.3 Å². The van der Waals surface area contributed by atoms with E-state index in [-0.39, 0.29) is 5.56 Å². The molecule has 0 bridgehead atoms. The van der Waals surface area contributed by atoms with Gasteiger partial charge in [-0.3, -0.25) is 4.79 Å². The Labute approximate surface area is 139 Å². The van der Waals surface area contributed by atoms with Crippen molar-refractivity contribution < 1.29 is 32.2 Å². The fourth-order valence-corrected chi connectivity index (χ4v) is 2.42.